The van der Waals surface area contributed by atoms with Crippen molar-refractivity contribution in [3.63, 3.8) is 0 Å². The van der Waals surface area contributed by atoms with E-state index < -0.39 is 0 Å². The molecule has 1 saturated heterocycles. The lowest BCUT2D eigenvalue weighted by atomic mass is 9.89. The molecule has 1 fully saturated rings. The molecule has 0 atom stereocenters. The third-order valence-electron chi connectivity index (χ3n) is 6.46. The van der Waals surface area contributed by atoms with Crippen LogP contribution in [0, 0.1) is 18.7 Å². The maximum atomic E-state index is 13.7. The molecule has 0 unspecified atom stereocenters. The number of benzene rings is 2. The molecule has 0 N–H and O–H groups in total. The van der Waals surface area contributed by atoms with Crippen LogP contribution in [0.3, 0.4) is 0 Å². The number of anilines is 1. The van der Waals surface area contributed by atoms with Gasteiger partial charge in [0.1, 0.15) is 17.3 Å². The van der Waals surface area contributed by atoms with Crippen LogP contribution < -0.4 is 4.90 Å². The summed E-state index contributed by atoms with van der Waals surface area (Å²) in [6.45, 7) is 3.32. The highest BCUT2D eigenvalue weighted by molar-refractivity contribution is 5.99. The number of fused-ring (bicyclic) bond motifs is 1. The van der Waals surface area contributed by atoms with E-state index in [1.165, 1.54) is 12.1 Å². The Morgan fingerprint density at radius 2 is 1.82 bits per heavy atom. The summed E-state index contributed by atoms with van der Waals surface area (Å²) in [6.07, 6.45) is 3.55. The van der Waals surface area contributed by atoms with Crippen molar-refractivity contribution < 1.29 is 9.18 Å². The van der Waals surface area contributed by atoms with E-state index in [1.807, 2.05) is 38.2 Å². The predicted octanol–water partition coefficient (Wildman–Crippen LogP) is 4.51. The van der Waals surface area contributed by atoms with E-state index in [-0.39, 0.29) is 23.9 Å². The third kappa shape index (κ3) is 4.23. The largest absolute Gasteiger partial charge is 0.355 e. The Balaban J connectivity index is 1.33. The molecule has 2 aromatic carbocycles. The SMILES string of the molecule is Cc1cc(F)cc(CC(=O)C2CCN(c3nnc(-c4ccnn4C)c4ccccc34)CC2)c1. The lowest BCUT2D eigenvalue weighted by molar-refractivity contribution is -0.122. The Hall–Kier alpha value is -3.61. The topological polar surface area (TPSA) is 63.9 Å². The summed E-state index contributed by atoms with van der Waals surface area (Å²) in [7, 11) is 1.90. The molecule has 0 spiro atoms. The van der Waals surface area contributed by atoms with Crippen molar-refractivity contribution in [1.82, 2.24) is 20.0 Å². The molecule has 0 amide bonds. The summed E-state index contributed by atoms with van der Waals surface area (Å²) in [5, 5.41) is 15.5. The lowest BCUT2D eigenvalue weighted by Crippen LogP contribution is -2.37. The summed E-state index contributed by atoms with van der Waals surface area (Å²) in [5.74, 6) is 0.732. The number of aryl methyl sites for hydroxylation is 2. The van der Waals surface area contributed by atoms with Gasteiger partial charge >= 0.3 is 0 Å². The Morgan fingerprint density at radius 1 is 1.06 bits per heavy atom. The summed E-state index contributed by atoms with van der Waals surface area (Å²) in [6, 6.07) is 14.9. The van der Waals surface area contributed by atoms with Gasteiger partial charge in [-0.1, -0.05) is 30.3 Å². The molecular weight excluding hydrogens is 417 g/mol. The smallest absolute Gasteiger partial charge is 0.159 e. The van der Waals surface area contributed by atoms with Gasteiger partial charge in [-0.25, -0.2) is 4.39 Å². The maximum Gasteiger partial charge on any atom is 0.159 e. The van der Waals surface area contributed by atoms with Crippen LogP contribution in [0.25, 0.3) is 22.2 Å². The van der Waals surface area contributed by atoms with Crippen molar-refractivity contribution in [2.24, 2.45) is 13.0 Å². The van der Waals surface area contributed by atoms with Gasteiger partial charge in [0.25, 0.3) is 0 Å². The van der Waals surface area contributed by atoms with Crippen molar-refractivity contribution in [2.75, 3.05) is 18.0 Å². The number of piperidine rings is 1. The normalized spacial score (nSPS) is 14.7. The predicted molar refractivity (Wildman–Crippen MR) is 127 cm³/mol. The number of Topliss-reactive ketones (excluding diaryl/α,β-unsaturated/α-hetero) is 1. The quantitative estimate of drug-likeness (QED) is 0.454. The first-order valence-corrected chi connectivity index (χ1v) is 11.3. The molecule has 4 aromatic rings. The van der Waals surface area contributed by atoms with Crippen LogP contribution in [0.2, 0.25) is 0 Å². The van der Waals surface area contributed by atoms with Crippen molar-refractivity contribution in [2.45, 2.75) is 26.2 Å². The number of nitrogens with zero attached hydrogens (tertiary/aromatic N) is 5. The van der Waals surface area contributed by atoms with Crippen LogP contribution in [0.1, 0.15) is 24.0 Å². The first kappa shape index (κ1) is 21.2. The molecule has 0 aliphatic carbocycles. The number of hydrogen-bond donors (Lipinski definition) is 0. The molecule has 1 aliphatic rings. The minimum absolute atomic E-state index is 0.0160. The Labute approximate surface area is 192 Å². The molecular formula is C26H26FN5O. The van der Waals surface area contributed by atoms with E-state index in [0.717, 1.165) is 65.0 Å². The standard InChI is InChI=1S/C26H26FN5O/c1-17-13-18(15-20(27)14-17)16-24(33)19-8-11-32(12-9-19)26-22-6-4-3-5-21(22)25(29-30-26)23-7-10-28-31(23)2/h3-7,10,13-15,19H,8-9,11-12,16H2,1-2H3. The monoisotopic (exact) mass is 443 g/mol. The Kier molecular flexibility index (Phi) is 5.62. The fourth-order valence-electron chi connectivity index (χ4n) is 4.79. The second-order valence-corrected chi connectivity index (χ2v) is 8.80. The fourth-order valence-corrected chi connectivity index (χ4v) is 4.79. The highest BCUT2D eigenvalue weighted by Gasteiger charge is 2.27. The molecule has 168 valence electrons. The molecule has 33 heavy (non-hydrogen) atoms. The highest BCUT2D eigenvalue weighted by Crippen LogP contribution is 2.33. The molecule has 5 rings (SSSR count). The van der Waals surface area contributed by atoms with Crippen LogP contribution in [-0.4, -0.2) is 38.9 Å². The van der Waals surface area contributed by atoms with Crippen LogP contribution in [-0.2, 0) is 18.3 Å². The second-order valence-electron chi connectivity index (χ2n) is 8.80. The Morgan fingerprint density at radius 3 is 2.52 bits per heavy atom. The summed E-state index contributed by atoms with van der Waals surface area (Å²) < 4.78 is 15.5. The van der Waals surface area contributed by atoms with Gasteiger partial charge < -0.3 is 4.90 Å². The number of halogens is 1. The zero-order chi connectivity index (χ0) is 22.9. The van der Waals surface area contributed by atoms with Crippen LogP contribution in [0.15, 0.2) is 54.7 Å². The fraction of sp³-hybridized carbons (Fsp3) is 0.308. The third-order valence-corrected chi connectivity index (χ3v) is 6.46. The minimum atomic E-state index is -0.285. The lowest BCUT2D eigenvalue weighted by Gasteiger charge is -2.32. The first-order valence-electron chi connectivity index (χ1n) is 11.3. The summed E-state index contributed by atoms with van der Waals surface area (Å²) in [4.78, 5) is 15.1. The van der Waals surface area contributed by atoms with Crippen molar-refractivity contribution in [3.8, 4) is 11.4 Å². The molecule has 0 radical (unpaired) electrons. The van der Waals surface area contributed by atoms with Gasteiger partial charge in [-0.05, 0) is 49.1 Å². The van der Waals surface area contributed by atoms with Gasteiger partial charge in [0, 0.05) is 49.4 Å². The van der Waals surface area contributed by atoms with Crippen LogP contribution in [0.5, 0.6) is 0 Å². The van der Waals surface area contributed by atoms with Crippen molar-refractivity contribution >= 4 is 22.4 Å². The van der Waals surface area contributed by atoms with Gasteiger partial charge in [0.15, 0.2) is 5.82 Å². The number of carbonyl (C=O) groups is 1. The number of carbonyl (C=O) groups excluding carboxylic acids is 1. The molecule has 1 aliphatic heterocycles. The van der Waals surface area contributed by atoms with E-state index in [4.69, 9.17) is 0 Å². The molecule has 6 nitrogen and oxygen atoms in total. The molecule has 0 bridgehead atoms. The molecule has 3 heterocycles. The van der Waals surface area contributed by atoms with Crippen molar-refractivity contribution in [3.05, 3.63) is 71.7 Å². The van der Waals surface area contributed by atoms with Gasteiger partial charge in [-0.3, -0.25) is 9.48 Å². The zero-order valence-corrected chi connectivity index (χ0v) is 18.8. The molecule has 2 aromatic heterocycles. The number of ketones is 1. The van der Waals surface area contributed by atoms with Gasteiger partial charge in [-0.15, -0.1) is 10.2 Å². The highest BCUT2D eigenvalue weighted by atomic mass is 19.1. The number of hydrogen-bond acceptors (Lipinski definition) is 5. The average Bonchev–Trinajstić information content (AvgIpc) is 3.23. The van der Waals surface area contributed by atoms with E-state index in [2.05, 4.69) is 32.3 Å². The first-order chi connectivity index (χ1) is 16.0. The van der Waals surface area contributed by atoms with Gasteiger partial charge in [0.05, 0.1) is 5.69 Å². The Bertz CT molecular complexity index is 1300. The molecule has 0 saturated carbocycles. The minimum Gasteiger partial charge on any atom is -0.355 e. The summed E-state index contributed by atoms with van der Waals surface area (Å²) >= 11 is 0. The van der Waals surface area contributed by atoms with Crippen LogP contribution in [0.4, 0.5) is 10.2 Å². The van der Waals surface area contributed by atoms with Gasteiger partial charge in [-0.2, -0.15) is 5.10 Å². The van der Waals surface area contributed by atoms with E-state index in [1.54, 1.807) is 10.9 Å². The van der Waals surface area contributed by atoms with Gasteiger partial charge in [0.2, 0.25) is 0 Å². The van der Waals surface area contributed by atoms with Crippen molar-refractivity contribution in [1.29, 1.82) is 0 Å². The van der Waals surface area contributed by atoms with E-state index in [9.17, 15) is 9.18 Å². The maximum absolute atomic E-state index is 13.7. The van der Waals surface area contributed by atoms with Crippen LogP contribution >= 0.6 is 0 Å². The van der Waals surface area contributed by atoms with E-state index >= 15 is 0 Å². The average molecular weight is 444 g/mol. The second kappa shape index (κ2) is 8.73. The zero-order valence-electron chi connectivity index (χ0n) is 18.8. The summed E-state index contributed by atoms with van der Waals surface area (Å²) in [5.41, 5.74) is 3.32. The number of aromatic nitrogens is 4. The molecule has 7 heteroatoms. The number of rotatable bonds is 5. The van der Waals surface area contributed by atoms with E-state index in [0.29, 0.717) is 0 Å².